The maximum atomic E-state index is 12.7. The number of aliphatic hydroxyl groups is 1. The second-order valence-corrected chi connectivity index (χ2v) is 14.0. The standard InChI is InChI=1S/C32H47N3O6S/c1-6-32(40)14-11-25-23-8-7-20-15-21(9-12-30(20,4)24(23)10-13-31(25,32)5)35-41-17-26(36)34-28(19(2)3)29(39)33-22(18-42)16-27(37)38/h1,15,19,22-25,28,40,42H,7-14,16-18H2,2-5H3,(H,33,39)(H,34,36)(H,37,38)/t22?,23?,24?,25?,28?,30-,31-,32+/m0/s1. The maximum Gasteiger partial charge on any atom is 0.305 e. The SMILES string of the molecule is C#C[C@@]1(O)CCC2C3CCC4=CC(=NOCC(=O)NC(C(=O)NC(CS)CC(=O)O)C(C)C)CC[C@]4(C)C3CC[C@@]21C. The number of allylic oxidation sites excluding steroid dienone is 2. The first kappa shape index (κ1) is 32.4. The molecule has 4 aliphatic rings. The van der Waals surface area contributed by atoms with Crippen LogP contribution in [0.15, 0.2) is 16.8 Å². The summed E-state index contributed by atoms with van der Waals surface area (Å²) in [6.07, 6.45) is 15.2. The number of thiol groups is 1. The van der Waals surface area contributed by atoms with Crippen molar-refractivity contribution in [3.05, 3.63) is 11.6 Å². The van der Waals surface area contributed by atoms with E-state index in [2.05, 4.69) is 54.3 Å². The fraction of sp³-hybridized carbons (Fsp3) is 0.750. The molecule has 232 valence electrons. The molecule has 9 nitrogen and oxygen atoms in total. The van der Waals surface area contributed by atoms with Crippen LogP contribution in [0.25, 0.3) is 0 Å². The molecule has 0 aromatic carbocycles. The average molecular weight is 602 g/mol. The number of fused-ring (bicyclic) bond motifs is 5. The molecule has 4 aliphatic carbocycles. The van der Waals surface area contributed by atoms with Crippen molar-refractivity contribution in [3.63, 3.8) is 0 Å². The van der Waals surface area contributed by atoms with E-state index in [0.717, 1.165) is 50.7 Å². The Hall–Kier alpha value is -2.51. The highest BCUT2D eigenvalue weighted by molar-refractivity contribution is 7.80. The number of aliphatic carboxylic acids is 1. The molecule has 0 aliphatic heterocycles. The van der Waals surface area contributed by atoms with Gasteiger partial charge in [-0.2, -0.15) is 12.6 Å². The van der Waals surface area contributed by atoms with E-state index in [9.17, 15) is 19.5 Å². The molecule has 0 aromatic rings. The predicted molar refractivity (Wildman–Crippen MR) is 164 cm³/mol. The van der Waals surface area contributed by atoms with E-state index in [1.54, 1.807) is 13.8 Å². The van der Waals surface area contributed by atoms with Gasteiger partial charge in [-0.25, -0.2) is 0 Å². The molecule has 0 aromatic heterocycles. The Morgan fingerprint density at radius 2 is 1.86 bits per heavy atom. The molecule has 4 rings (SSSR count). The van der Waals surface area contributed by atoms with Crippen molar-refractivity contribution in [2.45, 2.75) is 103 Å². The molecule has 5 unspecified atom stereocenters. The average Bonchev–Trinajstić information content (AvgIpc) is 3.21. The van der Waals surface area contributed by atoms with Crippen molar-refractivity contribution in [2.75, 3.05) is 12.4 Å². The van der Waals surface area contributed by atoms with E-state index in [1.807, 2.05) is 0 Å². The summed E-state index contributed by atoms with van der Waals surface area (Å²) in [7, 11) is 0. The lowest BCUT2D eigenvalue weighted by atomic mass is 9.46. The molecular formula is C32H47N3O6S. The lowest BCUT2D eigenvalue weighted by Crippen LogP contribution is -2.54. The molecule has 0 bridgehead atoms. The van der Waals surface area contributed by atoms with Crippen LogP contribution in [0.3, 0.4) is 0 Å². The highest BCUT2D eigenvalue weighted by Gasteiger charge is 2.63. The summed E-state index contributed by atoms with van der Waals surface area (Å²) in [5, 5.41) is 29.9. The van der Waals surface area contributed by atoms with Crippen LogP contribution in [0.2, 0.25) is 0 Å². The molecule has 0 radical (unpaired) electrons. The van der Waals surface area contributed by atoms with Crippen LogP contribution in [0.1, 0.15) is 85.5 Å². The van der Waals surface area contributed by atoms with Crippen molar-refractivity contribution < 1.29 is 29.4 Å². The van der Waals surface area contributed by atoms with Crippen LogP contribution in [0.4, 0.5) is 0 Å². The Morgan fingerprint density at radius 1 is 1.14 bits per heavy atom. The van der Waals surface area contributed by atoms with E-state index in [4.69, 9.17) is 16.4 Å². The minimum atomic E-state index is -1.04. The normalized spacial score (nSPS) is 36.0. The van der Waals surface area contributed by atoms with Gasteiger partial charge in [-0.15, -0.1) is 6.42 Å². The summed E-state index contributed by atoms with van der Waals surface area (Å²) < 4.78 is 0. The molecular weight excluding hydrogens is 554 g/mol. The third kappa shape index (κ3) is 6.10. The van der Waals surface area contributed by atoms with E-state index in [0.29, 0.717) is 24.2 Å². The van der Waals surface area contributed by atoms with Crippen molar-refractivity contribution in [2.24, 2.45) is 39.7 Å². The fourth-order valence-corrected chi connectivity index (χ4v) is 8.70. The number of nitrogens with one attached hydrogen (secondary N) is 2. The summed E-state index contributed by atoms with van der Waals surface area (Å²) >= 11 is 4.11. The quantitative estimate of drug-likeness (QED) is 0.147. The number of carbonyl (C=O) groups excluding carboxylic acids is 2. The second kappa shape index (κ2) is 12.6. The van der Waals surface area contributed by atoms with E-state index < -0.39 is 35.5 Å². The fourth-order valence-electron chi connectivity index (χ4n) is 8.48. The molecule has 2 amide bonds. The first-order chi connectivity index (χ1) is 19.8. The summed E-state index contributed by atoms with van der Waals surface area (Å²) in [6, 6.07) is -1.48. The first-order valence-electron chi connectivity index (χ1n) is 15.3. The van der Waals surface area contributed by atoms with Gasteiger partial charge >= 0.3 is 5.97 Å². The Bertz CT molecular complexity index is 1180. The highest BCUT2D eigenvalue weighted by Crippen LogP contribution is 2.67. The van der Waals surface area contributed by atoms with Crippen LogP contribution in [-0.4, -0.2) is 63.8 Å². The molecule has 0 spiro atoms. The minimum absolute atomic E-state index is 0.0842. The number of nitrogens with zero attached hydrogens (tertiary/aromatic N) is 1. The third-order valence-corrected chi connectivity index (χ3v) is 11.4. The van der Waals surface area contributed by atoms with Crippen LogP contribution >= 0.6 is 12.6 Å². The maximum absolute atomic E-state index is 12.7. The number of amides is 2. The van der Waals surface area contributed by atoms with Crippen molar-refractivity contribution in [1.82, 2.24) is 10.6 Å². The second-order valence-electron chi connectivity index (χ2n) is 13.6. The molecule has 42 heavy (non-hydrogen) atoms. The molecule has 0 saturated heterocycles. The van der Waals surface area contributed by atoms with Gasteiger partial charge in [0.1, 0.15) is 11.6 Å². The van der Waals surface area contributed by atoms with Crippen molar-refractivity contribution in [3.8, 4) is 12.3 Å². The van der Waals surface area contributed by atoms with Crippen LogP contribution in [-0.2, 0) is 19.2 Å². The zero-order valence-electron chi connectivity index (χ0n) is 25.3. The van der Waals surface area contributed by atoms with Gasteiger partial charge in [0.25, 0.3) is 5.91 Å². The van der Waals surface area contributed by atoms with Gasteiger partial charge in [0.05, 0.1) is 12.1 Å². The number of hydrogen-bond donors (Lipinski definition) is 5. The Morgan fingerprint density at radius 3 is 2.50 bits per heavy atom. The summed E-state index contributed by atoms with van der Waals surface area (Å²) in [5.41, 5.74) is 1.09. The smallest absolute Gasteiger partial charge is 0.305 e. The zero-order valence-corrected chi connectivity index (χ0v) is 26.2. The van der Waals surface area contributed by atoms with E-state index in [-0.39, 0.29) is 35.5 Å². The monoisotopic (exact) mass is 601 g/mol. The third-order valence-electron chi connectivity index (χ3n) is 11.0. The number of carboxylic acid groups (broad SMARTS) is 1. The number of rotatable bonds is 10. The highest BCUT2D eigenvalue weighted by atomic mass is 32.1. The molecule has 3 saturated carbocycles. The van der Waals surface area contributed by atoms with Gasteiger partial charge in [-0.3, -0.25) is 14.4 Å². The minimum Gasteiger partial charge on any atom is -0.481 e. The Labute approximate surface area is 255 Å². The summed E-state index contributed by atoms with van der Waals surface area (Å²) in [5.74, 6) is 2.30. The number of terminal acetylenes is 1. The largest absolute Gasteiger partial charge is 0.481 e. The molecule has 3 fully saturated rings. The predicted octanol–water partition coefficient (Wildman–Crippen LogP) is 3.72. The van der Waals surface area contributed by atoms with Crippen LogP contribution < -0.4 is 10.6 Å². The van der Waals surface area contributed by atoms with Gasteiger partial charge in [-0.1, -0.05) is 44.3 Å². The van der Waals surface area contributed by atoms with Gasteiger partial charge in [0, 0.05) is 17.2 Å². The van der Waals surface area contributed by atoms with Crippen LogP contribution in [0, 0.1) is 46.8 Å². The Kier molecular flexibility index (Phi) is 9.73. The molecule has 8 atom stereocenters. The van der Waals surface area contributed by atoms with Crippen molar-refractivity contribution in [1.29, 1.82) is 0 Å². The zero-order chi connectivity index (χ0) is 30.9. The summed E-state index contributed by atoms with van der Waals surface area (Å²) in [4.78, 5) is 41.8. The van der Waals surface area contributed by atoms with E-state index >= 15 is 0 Å². The first-order valence-corrected chi connectivity index (χ1v) is 15.9. The molecule has 10 heteroatoms. The van der Waals surface area contributed by atoms with Crippen LogP contribution in [0.5, 0.6) is 0 Å². The number of oxime groups is 1. The van der Waals surface area contributed by atoms with E-state index in [1.165, 1.54) is 5.57 Å². The lowest BCUT2D eigenvalue weighted by Gasteiger charge is -2.58. The van der Waals surface area contributed by atoms with Gasteiger partial charge in [-0.05, 0) is 86.5 Å². The molecule has 4 N–H and O–H groups in total. The number of hydrogen-bond acceptors (Lipinski definition) is 7. The topological polar surface area (TPSA) is 137 Å². The number of carboxylic acids is 1. The summed E-state index contributed by atoms with van der Waals surface area (Å²) in [6.45, 7) is 7.87. The Balaban J connectivity index is 1.35. The molecule has 0 heterocycles. The van der Waals surface area contributed by atoms with Crippen molar-refractivity contribution >= 4 is 36.1 Å². The lowest BCUT2D eigenvalue weighted by molar-refractivity contribution is -0.138. The van der Waals surface area contributed by atoms with Gasteiger partial charge in [0.15, 0.2) is 6.61 Å². The van der Waals surface area contributed by atoms with Gasteiger partial charge < -0.3 is 25.7 Å². The van der Waals surface area contributed by atoms with Gasteiger partial charge in [0.2, 0.25) is 5.91 Å². The number of carbonyl (C=O) groups is 3.